The fourth-order valence-electron chi connectivity index (χ4n) is 1.70. The Kier molecular flexibility index (Phi) is 5.98. The first kappa shape index (κ1) is 14.0. The predicted molar refractivity (Wildman–Crippen MR) is 68.8 cm³/mol. The summed E-state index contributed by atoms with van der Waals surface area (Å²) in [4.78, 5) is 0. The van der Waals surface area contributed by atoms with Crippen LogP contribution in [0.25, 0.3) is 0 Å². The zero-order chi connectivity index (χ0) is 12.7. The molecule has 0 saturated heterocycles. The number of hydrogen-bond donors (Lipinski definition) is 1. The van der Waals surface area contributed by atoms with Crippen molar-refractivity contribution in [1.29, 1.82) is 0 Å². The fraction of sp³-hybridized carbons (Fsp3) is 0.571. The highest BCUT2D eigenvalue weighted by Gasteiger charge is 2.10. The zero-order valence-electron chi connectivity index (χ0n) is 10.9. The van der Waals surface area contributed by atoms with Gasteiger partial charge in [-0.2, -0.15) is 0 Å². The number of hydrogen-bond acceptors (Lipinski definition) is 2. The van der Waals surface area contributed by atoms with Gasteiger partial charge in [-0.05, 0) is 37.6 Å². The van der Waals surface area contributed by atoms with E-state index in [9.17, 15) is 4.39 Å². The molecule has 0 heterocycles. The molecule has 0 unspecified atom stereocenters. The lowest BCUT2D eigenvalue weighted by Gasteiger charge is -2.18. The molecule has 2 nitrogen and oxygen atoms in total. The van der Waals surface area contributed by atoms with E-state index in [1.165, 1.54) is 6.07 Å². The van der Waals surface area contributed by atoms with Crippen LogP contribution in [0.5, 0.6) is 5.75 Å². The molecule has 3 heteroatoms. The molecule has 0 radical (unpaired) electrons. The van der Waals surface area contributed by atoms with E-state index < -0.39 is 0 Å². The third-order valence-electron chi connectivity index (χ3n) is 2.79. The number of halogens is 1. The van der Waals surface area contributed by atoms with Crippen LogP contribution in [0.4, 0.5) is 4.39 Å². The van der Waals surface area contributed by atoms with Crippen LogP contribution >= 0.6 is 0 Å². The molecule has 1 aromatic rings. The van der Waals surface area contributed by atoms with Crippen LogP contribution in [0.15, 0.2) is 18.2 Å². The molecule has 0 aliphatic carbocycles. The van der Waals surface area contributed by atoms with Crippen molar-refractivity contribution in [2.45, 2.75) is 46.3 Å². The lowest BCUT2D eigenvalue weighted by molar-refractivity contribution is 0.190. The molecule has 0 fully saturated rings. The number of nitrogens with one attached hydrogen (secondary N) is 1. The Balaban J connectivity index is 2.81. The van der Waals surface area contributed by atoms with E-state index in [-0.39, 0.29) is 11.9 Å². The number of rotatable bonds is 7. The molecule has 1 rings (SSSR count). The predicted octanol–water partition coefficient (Wildman–Crippen LogP) is 3.50. The third kappa shape index (κ3) is 4.35. The van der Waals surface area contributed by atoms with Gasteiger partial charge in [-0.1, -0.05) is 20.8 Å². The first-order valence-corrected chi connectivity index (χ1v) is 6.37. The van der Waals surface area contributed by atoms with Crippen LogP contribution < -0.4 is 10.1 Å². The van der Waals surface area contributed by atoms with Gasteiger partial charge in [0.2, 0.25) is 0 Å². The van der Waals surface area contributed by atoms with Crippen LogP contribution in [0, 0.1) is 5.82 Å². The van der Waals surface area contributed by atoms with Crippen LogP contribution in [0.3, 0.4) is 0 Å². The second-order valence-corrected chi connectivity index (χ2v) is 4.09. The quantitative estimate of drug-likeness (QED) is 0.786. The molecule has 0 aliphatic heterocycles. The van der Waals surface area contributed by atoms with Gasteiger partial charge in [-0.15, -0.1) is 0 Å². The smallest absolute Gasteiger partial charge is 0.124 e. The molecule has 1 aromatic carbocycles. The van der Waals surface area contributed by atoms with E-state index in [1.54, 1.807) is 12.1 Å². The Bertz CT molecular complexity index is 337. The van der Waals surface area contributed by atoms with Crippen LogP contribution in [0.1, 0.15) is 39.2 Å². The average Bonchev–Trinajstić information content (AvgIpc) is 2.35. The molecule has 96 valence electrons. The van der Waals surface area contributed by atoms with Crippen molar-refractivity contribution >= 4 is 0 Å². The SMILES string of the molecule is CCNCc1cc(F)ccc1OC(CC)CC. The second kappa shape index (κ2) is 7.28. The van der Waals surface area contributed by atoms with Crippen molar-refractivity contribution < 1.29 is 9.13 Å². The van der Waals surface area contributed by atoms with Gasteiger partial charge >= 0.3 is 0 Å². The monoisotopic (exact) mass is 239 g/mol. The summed E-state index contributed by atoms with van der Waals surface area (Å²) in [6, 6.07) is 4.72. The van der Waals surface area contributed by atoms with Crippen molar-refractivity contribution in [3.05, 3.63) is 29.6 Å². The van der Waals surface area contributed by atoms with E-state index in [1.807, 2.05) is 6.92 Å². The maximum Gasteiger partial charge on any atom is 0.124 e. The molecule has 0 bridgehead atoms. The van der Waals surface area contributed by atoms with E-state index in [2.05, 4.69) is 19.2 Å². The minimum atomic E-state index is -0.213. The molecule has 0 atom stereocenters. The summed E-state index contributed by atoms with van der Waals surface area (Å²) in [6.45, 7) is 7.73. The Morgan fingerprint density at radius 3 is 2.53 bits per heavy atom. The maximum absolute atomic E-state index is 13.2. The molecule has 0 amide bonds. The van der Waals surface area contributed by atoms with Crippen LogP contribution in [-0.4, -0.2) is 12.6 Å². The summed E-state index contributed by atoms with van der Waals surface area (Å²) in [7, 11) is 0. The normalized spacial score (nSPS) is 10.9. The summed E-state index contributed by atoms with van der Waals surface area (Å²) in [5, 5.41) is 3.19. The van der Waals surface area contributed by atoms with Crippen molar-refractivity contribution in [3.63, 3.8) is 0 Å². The van der Waals surface area contributed by atoms with Gasteiger partial charge in [-0.3, -0.25) is 0 Å². The van der Waals surface area contributed by atoms with E-state index in [0.717, 1.165) is 30.7 Å². The highest BCUT2D eigenvalue weighted by Crippen LogP contribution is 2.22. The Morgan fingerprint density at radius 1 is 1.24 bits per heavy atom. The van der Waals surface area contributed by atoms with Gasteiger partial charge in [-0.25, -0.2) is 4.39 Å². The number of ether oxygens (including phenoxy) is 1. The molecular weight excluding hydrogens is 217 g/mol. The maximum atomic E-state index is 13.2. The van der Waals surface area contributed by atoms with Crippen LogP contribution in [0.2, 0.25) is 0 Å². The summed E-state index contributed by atoms with van der Waals surface area (Å²) >= 11 is 0. The molecule has 0 aliphatic rings. The van der Waals surface area contributed by atoms with Gasteiger partial charge in [0.15, 0.2) is 0 Å². The van der Waals surface area contributed by atoms with Gasteiger partial charge in [0.05, 0.1) is 6.10 Å². The summed E-state index contributed by atoms with van der Waals surface area (Å²) in [5.74, 6) is 0.579. The molecule has 0 saturated carbocycles. The second-order valence-electron chi connectivity index (χ2n) is 4.09. The van der Waals surface area contributed by atoms with Gasteiger partial charge < -0.3 is 10.1 Å². The molecule has 17 heavy (non-hydrogen) atoms. The molecular formula is C14H22FNO. The summed E-state index contributed by atoms with van der Waals surface area (Å²) in [6.07, 6.45) is 2.14. The van der Waals surface area contributed by atoms with Gasteiger partial charge in [0, 0.05) is 12.1 Å². The largest absolute Gasteiger partial charge is 0.490 e. The standard InChI is InChI=1S/C14H22FNO/c1-4-13(5-2)17-14-8-7-12(15)9-11(14)10-16-6-3/h7-9,13,16H,4-6,10H2,1-3H3. The fourth-order valence-corrected chi connectivity index (χ4v) is 1.70. The van der Waals surface area contributed by atoms with E-state index in [4.69, 9.17) is 4.74 Å². The topological polar surface area (TPSA) is 21.3 Å². The molecule has 0 aromatic heterocycles. The Hall–Kier alpha value is -1.09. The van der Waals surface area contributed by atoms with Gasteiger partial charge in [0.25, 0.3) is 0 Å². The minimum Gasteiger partial charge on any atom is -0.490 e. The Morgan fingerprint density at radius 2 is 1.94 bits per heavy atom. The highest BCUT2D eigenvalue weighted by molar-refractivity contribution is 5.34. The molecule has 0 spiro atoms. The molecule has 1 N–H and O–H groups in total. The summed E-state index contributed by atoms with van der Waals surface area (Å²) in [5.41, 5.74) is 0.888. The van der Waals surface area contributed by atoms with E-state index in [0.29, 0.717) is 6.54 Å². The highest BCUT2D eigenvalue weighted by atomic mass is 19.1. The number of benzene rings is 1. The summed E-state index contributed by atoms with van der Waals surface area (Å²) < 4.78 is 19.1. The van der Waals surface area contributed by atoms with Crippen molar-refractivity contribution in [2.24, 2.45) is 0 Å². The first-order valence-electron chi connectivity index (χ1n) is 6.37. The first-order chi connectivity index (χ1) is 8.21. The van der Waals surface area contributed by atoms with E-state index >= 15 is 0 Å². The third-order valence-corrected chi connectivity index (χ3v) is 2.79. The van der Waals surface area contributed by atoms with Crippen LogP contribution in [-0.2, 0) is 6.54 Å². The Labute approximate surface area is 103 Å². The average molecular weight is 239 g/mol. The lowest BCUT2D eigenvalue weighted by Crippen LogP contribution is -2.17. The van der Waals surface area contributed by atoms with Crippen molar-refractivity contribution in [3.8, 4) is 5.75 Å². The van der Waals surface area contributed by atoms with Gasteiger partial charge in [0.1, 0.15) is 11.6 Å². The minimum absolute atomic E-state index is 0.209. The zero-order valence-corrected chi connectivity index (χ0v) is 10.9. The lowest BCUT2D eigenvalue weighted by atomic mass is 10.1. The van der Waals surface area contributed by atoms with Crippen molar-refractivity contribution in [2.75, 3.05) is 6.54 Å². The van der Waals surface area contributed by atoms with Crippen molar-refractivity contribution in [1.82, 2.24) is 5.32 Å².